The number of hydrogen-bond donors (Lipinski definition) is 1. The fourth-order valence-corrected chi connectivity index (χ4v) is 13.1. The van der Waals surface area contributed by atoms with Gasteiger partial charge in [-0.3, -0.25) is 0 Å². The molecule has 0 unspecified atom stereocenters. The van der Waals surface area contributed by atoms with Crippen LogP contribution in [0.2, 0.25) is 0 Å². The lowest BCUT2D eigenvalue weighted by Gasteiger charge is -2.42. The average molecular weight is 874 g/mol. The standard InChI is InChI=1S/C64H66BN2/c1-59(2,3)36-23-26-38(27-24-36)66-50-34-48-47(61(7,8)29-30-62(48,9)10)32-42(50)54-53-40-20-16-18-22-45(40)64(13,14)56(53)55-43-31-37(60(4,5)6)25-28-51(43)67-52-35-46-41(33-49(52)65-57(54)58(55)67)39-19-15-17-21-44(39)63(46,11)12/h15-28,31-35,66H,29-30H2,1-14H3. The molecule has 2 heterocycles. The molecule has 1 aliphatic heterocycles. The van der Waals surface area contributed by atoms with Gasteiger partial charge in [-0.2, -0.15) is 0 Å². The number of benzene rings is 7. The predicted octanol–water partition coefficient (Wildman–Crippen LogP) is 15.7. The Morgan fingerprint density at radius 2 is 1.12 bits per heavy atom. The first-order chi connectivity index (χ1) is 31.5. The van der Waals surface area contributed by atoms with E-state index in [0.29, 0.717) is 0 Å². The molecule has 12 rings (SSSR count). The monoisotopic (exact) mass is 874 g/mol. The Labute approximate surface area is 400 Å². The number of hydrogen-bond acceptors (Lipinski definition) is 1. The lowest BCUT2D eigenvalue weighted by Crippen LogP contribution is -2.39. The molecule has 67 heavy (non-hydrogen) atoms. The lowest BCUT2D eigenvalue weighted by molar-refractivity contribution is 0.332. The first kappa shape index (κ1) is 42.6. The van der Waals surface area contributed by atoms with Crippen molar-refractivity contribution in [2.24, 2.45) is 0 Å². The van der Waals surface area contributed by atoms with Gasteiger partial charge in [0.1, 0.15) is 0 Å². The van der Waals surface area contributed by atoms with E-state index in [4.69, 9.17) is 0 Å². The average Bonchev–Trinajstić information content (AvgIpc) is 3.81. The molecule has 7 aromatic carbocycles. The molecule has 3 heteroatoms. The molecule has 1 radical (unpaired) electrons. The van der Waals surface area contributed by atoms with E-state index in [1.165, 1.54) is 122 Å². The zero-order chi connectivity index (χ0) is 47.1. The van der Waals surface area contributed by atoms with E-state index in [-0.39, 0.29) is 32.5 Å². The van der Waals surface area contributed by atoms with Crippen LogP contribution in [-0.2, 0) is 32.5 Å². The van der Waals surface area contributed by atoms with Crippen molar-refractivity contribution in [1.82, 2.24) is 4.57 Å². The number of aromatic nitrogens is 1. The SMILES string of the molecule is CC(C)(C)c1ccc(Nc2cc3c(cc2-c2c4c(c5c6cc(C(C)(C)C)ccc6n6c5c2[B]c2cc5c(cc2-6)C(C)(C)c2ccccc2-5)C(C)(C)c2ccccc2-4)C(C)(C)CCC3(C)C)cc1. The largest absolute Gasteiger partial charge is 0.355 e. The summed E-state index contributed by atoms with van der Waals surface area (Å²) in [5.41, 5.74) is 27.9. The predicted molar refractivity (Wildman–Crippen MR) is 289 cm³/mol. The summed E-state index contributed by atoms with van der Waals surface area (Å²) in [6.45, 7) is 33.7. The minimum absolute atomic E-state index is 0.0107. The van der Waals surface area contributed by atoms with Crippen molar-refractivity contribution in [3.05, 3.63) is 160 Å². The number of nitrogens with zero attached hydrogens (tertiary/aromatic N) is 1. The van der Waals surface area contributed by atoms with E-state index in [0.717, 1.165) is 18.5 Å². The van der Waals surface area contributed by atoms with Crippen LogP contribution >= 0.6 is 0 Å². The van der Waals surface area contributed by atoms with Crippen LogP contribution < -0.4 is 16.2 Å². The van der Waals surface area contributed by atoms with Gasteiger partial charge in [-0.1, -0.05) is 175 Å². The van der Waals surface area contributed by atoms with E-state index in [1.807, 2.05) is 0 Å². The minimum atomic E-state index is -0.260. The molecule has 0 atom stereocenters. The molecule has 0 spiro atoms. The summed E-state index contributed by atoms with van der Waals surface area (Å²) >= 11 is 0. The van der Waals surface area contributed by atoms with E-state index < -0.39 is 0 Å². The van der Waals surface area contributed by atoms with Gasteiger partial charge >= 0.3 is 0 Å². The molecule has 1 aromatic heterocycles. The van der Waals surface area contributed by atoms with E-state index >= 15 is 0 Å². The summed E-state index contributed by atoms with van der Waals surface area (Å²) in [5.74, 6) is 0. The van der Waals surface area contributed by atoms with Gasteiger partial charge in [-0.05, 0) is 155 Å². The minimum Gasteiger partial charge on any atom is -0.355 e. The quantitative estimate of drug-likeness (QED) is 0.175. The highest BCUT2D eigenvalue weighted by atomic mass is 15.0. The van der Waals surface area contributed by atoms with Crippen molar-refractivity contribution in [3.8, 4) is 39.1 Å². The first-order valence-corrected chi connectivity index (χ1v) is 25.0. The van der Waals surface area contributed by atoms with E-state index in [2.05, 4.69) is 229 Å². The van der Waals surface area contributed by atoms with Crippen molar-refractivity contribution in [3.63, 3.8) is 0 Å². The highest BCUT2D eigenvalue weighted by molar-refractivity contribution is 6.74. The Balaban J connectivity index is 1.26. The topological polar surface area (TPSA) is 17.0 Å². The third kappa shape index (κ3) is 5.88. The Morgan fingerprint density at radius 1 is 0.522 bits per heavy atom. The van der Waals surface area contributed by atoms with Crippen molar-refractivity contribution in [2.45, 2.75) is 142 Å². The lowest BCUT2D eigenvalue weighted by atomic mass is 9.56. The summed E-state index contributed by atoms with van der Waals surface area (Å²) in [6.07, 6.45) is 2.31. The molecular weight excluding hydrogens is 808 g/mol. The van der Waals surface area contributed by atoms with Crippen LogP contribution in [0.3, 0.4) is 0 Å². The zero-order valence-electron chi connectivity index (χ0n) is 42.4. The molecule has 0 fully saturated rings. The first-order valence-electron chi connectivity index (χ1n) is 25.0. The fraction of sp³-hybridized carbons (Fsp3) is 0.344. The van der Waals surface area contributed by atoms with Gasteiger partial charge in [0.15, 0.2) is 7.28 Å². The molecule has 3 aliphatic carbocycles. The summed E-state index contributed by atoms with van der Waals surface area (Å²) in [7, 11) is 2.59. The molecule has 0 amide bonds. The molecular formula is C64H66BN2. The van der Waals surface area contributed by atoms with Crippen molar-refractivity contribution in [2.75, 3.05) is 5.32 Å². The van der Waals surface area contributed by atoms with Crippen LogP contribution in [0.25, 0.3) is 60.9 Å². The molecule has 2 nitrogen and oxygen atoms in total. The van der Waals surface area contributed by atoms with Gasteiger partial charge in [0.2, 0.25) is 0 Å². The Morgan fingerprint density at radius 3 is 1.78 bits per heavy atom. The van der Waals surface area contributed by atoms with Crippen molar-refractivity contribution < 1.29 is 0 Å². The second kappa shape index (κ2) is 13.5. The molecule has 335 valence electrons. The van der Waals surface area contributed by atoms with Gasteiger partial charge in [0, 0.05) is 49.7 Å². The maximum absolute atomic E-state index is 4.14. The smallest absolute Gasteiger partial charge is 0.197 e. The summed E-state index contributed by atoms with van der Waals surface area (Å²) in [4.78, 5) is 0. The molecule has 8 aromatic rings. The molecule has 0 saturated carbocycles. The Hall–Kier alpha value is -5.80. The third-order valence-corrected chi connectivity index (χ3v) is 17.2. The van der Waals surface area contributed by atoms with Gasteiger partial charge in [-0.15, -0.1) is 0 Å². The van der Waals surface area contributed by atoms with E-state index in [1.54, 1.807) is 0 Å². The van der Waals surface area contributed by atoms with Crippen LogP contribution in [0, 0.1) is 0 Å². The second-order valence-electron chi connectivity index (χ2n) is 25.2. The third-order valence-electron chi connectivity index (χ3n) is 17.2. The van der Waals surface area contributed by atoms with Crippen LogP contribution in [-0.4, -0.2) is 11.8 Å². The van der Waals surface area contributed by atoms with Gasteiger partial charge in [0.25, 0.3) is 0 Å². The van der Waals surface area contributed by atoms with Gasteiger partial charge < -0.3 is 9.88 Å². The van der Waals surface area contributed by atoms with Gasteiger partial charge in [-0.25, -0.2) is 0 Å². The fourth-order valence-electron chi connectivity index (χ4n) is 13.1. The zero-order valence-corrected chi connectivity index (χ0v) is 42.4. The summed E-state index contributed by atoms with van der Waals surface area (Å²) in [6, 6.07) is 45.3. The van der Waals surface area contributed by atoms with Crippen LogP contribution in [0.15, 0.2) is 115 Å². The second-order valence-corrected chi connectivity index (χ2v) is 25.2. The Kier molecular flexibility index (Phi) is 8.55. The maximum atomic E-state index is 4.14. The molecule has 1 N–H and O–H groups in total. The number of rotatable bonds is 3. The van der Waals surface area contributed by atoms with E-state index in [9.17, 15) is 0 Å². The maximum Gasteiger partial charge on any atom is 0.197 e. The number of anilines is 2. The normalized spacial score (nSPS) is 17.6. The summed E-state index contributed by atoms with van der Waals surface area (Å²) < 4.78 is 2.69. The Bertz CT molecular complexity index is 3460. The van der Waals surface area contributed by atoms with Crippen molar-refractivity contribution in [1.29, 1.82) is 0 Å². The number of nitrogens with one attached hydrogen (secondary N) is 1. The van der Waals surface area contributed by atoms with Crippen LogP contribution in [0.4, 0.5) is 11.4 Å². The van der Waals surface area contributed by atoms with Crippen molar-refractivity contribution >= 4 is 51.4 Å². The highest BCUT2D eigenvalue weighted by Crippen LogP contribution is 2.59. The highest BCUT2D eigenvalue weighted by Gasteiger charge is 2.45. The molecule has 0 bridgehead atoms. The summed E-state index contributed by atoms with van der Waals surface area (Å²) in [5, 5.41) is 6.88. The molecule has 0 saturated heterocycles. The van der Waals surface area contributed by atoms with Crippen LogP contribution in [0.5, 0.6) is 0 Å². The van der Waals surface area contributed by atoms with Crippen LogP contribution in [0.1, 0.15) is 154 Å². The number of fused-ring (bicyclic) bond motifs is 13. The molecule has 4 aliphatic rings. The van der Waals surface area contributed by atoms with Gasteiger partial charge in [0.05, 0.1) is 5.52 Å².